The molecule has 6 nitrogen and oxygen atoms in total. The molecule has 0 aromatic heterocycles. The van der Waals surface area contributed by atoms with Crippen LogP contribution in [0.15, 0.2) is 0 Å². The van der Waals surface area contributed by atoms with Gasteiger partial charge in [-0.1, -0.05) is 27.7 Å². The minimum Gasteiger partial charge on any atom is -0.374 e. The summed E-state index contributed by atoms with van der Waals surface area (Å²) in [6.45, 7) is 14.6. The van der Waals surface area contributed by atoms with Crippen molar-refractivity contribution in [3.63, 3.8) is 0 Å². The predicted octanol–water partition coefficient (Wildman–Crippen LogP) is 0.987. The highest BCUT2D eigenvalue weighted by Crippen LogP contribution is 2.14. The monoisotopic (exact) mass is 324 g/mol. The highest BCUT2D eigenvalue weighted by molar-refractivity contribution is 5.79. The zero-order valence-corrected chi connectivity index (χ0v) is 15.2. The van der Waals surface area contributed by atoms with Crippen LogP contribution < -0.4 is 10.6 Å². The van der Waals surface area contributed by atoms with Crippen molar-refractivity contribution in [2.24, 2.45) is 11.8 Å². The average molecular weight is 324 g/mol. The van der Waals surface area contributed by atoms with Crippen molar-refractivity contribution in [2.75, 3.05) is 39.3 Å². The number of carbonyl (C=O) groups excluding carboxylic acids is 1. The Kier molecular flexibility index (Phi) is 7.97. The van der Waals surface area contributed by atoms with Crippen LogP contribution in [0.25, 0.3) is 0 Å². The number of amides is 1. The van der Waals surface area contributed by atoms with Crippen molar-refractivity contribution in [2.45, 2.75) is 46.3 Å². The van der Waals surface area contributed by atoms with Gasteiger partial charge >= 0.3 is 0 Å². The molecule has 1 amide bonds. The lowest BCUT2D eigenvalue weighted by Gasteiger charge is -2.34. The van der Waals surface area contributed by atoms with Crippen LogP contribution in [-0.2, 0) is 9.53 Å². The van der Waals surface area contributed by atoms with Crippen LogP contribution in [-0.4, -0.2) is 61.8 Å². The van der Waals surface area contributed by atoms with Crippen LogP contribution in [0.2, 0.25) is 0 Å². The topological polar surface area (TPSA) is 77.4 Å². The third-order valence-corrected chi connectivity index (χ3v) is 4.29. The fourth-order valence-corrected chi connectivity index (χ4v) is 2.57. The molecule has 2 N–H and O–H groups in total. The highest BCUT2D eigenvalue weighted by atomic mass is 16.5. The summed E-state index contributed by atoms with van der Waals surface area (Å²) in [6.07, 6.45) is 0.114. The molecule has 0 aromatic rings. The third kappa shape index (κ3) is 6.86. The summed E-state index contributed by atoms with van der Waals surface area (Å²) >= 11 is 0. The molecule has 0 spiro atoms. The maximum Gasteiger partial charge on any atom is 0.235 e. The Balaban J connectivity index is 2.31. The predicted molar refractivity (Wildman–Crippen MR) is 90.9 cm³/mol. The van der Waals surface area contributed by atoms with Gasteiger partial charge in [0, 0.05) is 26.2 Å². The van der Waals surface area contributed by atoms with Crippen LogP contribution in [0.4, 0.5) is 0 Å². The maximum absolute atomic E-state index is 12.0. The van der Waals surface area contributed by atoms with Gasteiger partial charge in [0.15, 0.2) is 0 Å². The van der Waals surface area contributed by atoms with E-state index in [9.17, 15) is 10.1 Å². The normalized spacial score (nSPS) is 21.9. The highest BCUT2D eigenvalue weighted by Gasteiger charge is 2.29. The summed E-state index contributed by atoms with van der Waals surface area (Å²) in [5, 5.41) is 15.2. The van der Waals surface area contributed by atoms with Crippen LogP contribution >= 0.6 is 0 Å². The van der Waals surface area contributed by atoms with Gasteiger partial charge in [-0.25, -0.2) is 0 Å². The molecule has 0 unspecified atom stereocenters. The van der Waals surface area contributed by atoms with Gasteiger partial charge in [0.2, 0.25) is 5.91 Å². The van der Waals surface area contributed by atoms with E-state index in [1.165, 1.54) is 0 Å². The Bertz CT molecular complexity index is 419. The zero-order valence-electron chi connectivity index (χ0n) is 15.2. The minimum absolute atomic E-state index is 0.0581. The Hall–Kier alpha value is -1.16. The number of carbonyl (C=O) groups is 1. The summed E-state index contributed by atoms with van der Waals surface area (Å²) in [5.74, 6) is 0.549. The van der Waals surface area contributed by atoms with E-state index in [0.717, 1.165) is 26.2 Å². The SMILES string of the molecule is CC(C)CN1CCO[C@@H](CNCC(=O)N[C@@](C)(C#N)C(C)C)C1. The maximum atomic E-state index is 12.0. The van der Waals surface area contributed by atoms with Crippen molar-refractivity contribution >= 4 is 5.91 Å². The van der Waals surface area contributed by atoms with Crippen molar-refractivity contribution in [1.29, 1.82) is 5.26 Å². The Morgan fingerprint density at radius 3 is 2.70 bits per heavy atom. The molecule has 0 aromatic carbocycles. The zero-order chi connectivity index (χ0) is 17.5. The molecule has 0 radical (unpaired) electrons. The summed E-state index contributed by atoms with van der Waals surface area (Å²) in [6, 6.07) is 2.18. The Morgan fingerprint density at radius 1 is 1.43 bits per heavy atom. The molecule has 1 aliphatic rings. The second-order valence-electron chi connectivity index (χ2n) is 7.29. The fourth-order valence-electron chi connectivity index (χ4n) is 2.57. The van der Waals surface area contributed by atoms with Gasteiger partial charge < -0.3 is 15.4 Å². The molecular weight excluding hydrogens is 292 g/mol. The molecule has 23 heavy (non-hydrogen) atoms. The number of hydrogen-bond acceptors (Lipinski definition) is 5. The summed E-state index contributed by atoms with van der Waals surface area (Å²) in [7, 11) is 0. The second-order valence-corrected chi connectivity index (χ2v) is 7.29. The van der Waals surface area contributed by atoms with Gasteiger partial charge in [-0.3, -0.25) is 9.69 Å². The summed E-state index contributed by atoms with van der Waals surface area (Å²) in [5.41, 5.74) is -0.825. The standard InChI is InChI=1S/C17H32N4O2/c1-13(2)10-21-6-7-23-15(11-21)8-19-9-16(22)20-17(5,12-18)14(3)4/h13-15,19H,6-11H2,1-5H3,(H,20,22)/t15-,17-/m0/s1. The van der Waals surface area contributed by atoms with Crippen molar-refractivity contribution in [3.8, 4) is 6.07 Å². The molecule has 1 heterocycles. The quantitative estimate of drug-likeness (QED) is 0.696. The van der Waals surface area contributed by atoms with E-state index in [2.05, 4.69) is 35.5 Å². The lowest BCUT2D eigenvalue weighted by Crippen LogP contribution is -2.52. The first-order valence-electron chi connectivity index (χ1n) is 8.53. The number of rotatable bonds is 8. The van der Waals surface area contributed by atoms with Gasteiger partial charge in [-0.2, -0.15) is 5.26 Å². The number of nitrogens with one attached hydrogen (secondary N) is 2. The van der Waals surface area contributed by atoms with E-state index in [1.807, 2.05) is 13.8 Å². The average Bonchev–Trinajstić information content (AvgIpc) is 2.46. The van der Waals surface area contributed by atoms with Gasteiger partial charge in [0.25, 0.3) is 0 Å². The number of hydrogen-bond donors (Lipinski definition) is 2. The Labute approximate surface area is 140 Å². The lowest BCUT2D eigenvalue weighted by molar-refractivity contribution is -0.122. The van der Waals surface area contributed by atoms with E-state index in [-0.39, 0.29) is 24.5 Å². The van der Waals surface area contributed by atoms with Gasteiger partial charge in [0.1, 0.15) is 5.54 Å². The van der Waals surface area contributed by atoms with Gasteiger partial charge in [-0.05, 0) is 18.8 Å². The number of ether oxygens (including phenoxy) is 1. The first-order valence-corrected chi connectivity index (χ1v) is 8.53. The van der Waals surface area contributed by atoms with E-state index in [0.29, 0.717) is 12.5 Å². The summed E-state index contributed by atoms with van der Waals surface area (Å²) < 4.78 is 5.74. The first-order chi connectivity index (χ1) is 10.8. The van der Waals surface area contributed by atoms with Crippen molar-refractivity contribution in [3.05, 3.63) is 0 Å². The smallest absolute Gasteiger partial charge is 0.235 e. The number of morpholine rings is 1. The molecule has 0 aliphatic carbocycles. The molecule has 132 valence electrons. The molecule has 1 fully saturated rings. The second kappa shape index (κ2) is 9.21. The number of nitrogens with zero attached hydrogens (tertiary/aromatic N) is 2. The van der Waals surface area contributed by atoms with Crippen molar-refractivity contribution < 1.29 is 9.53 Å². The summed E-state index contributed by atoms with van der Waals surface area (Å²) in [4.78, 5) is 14.4. The van der Waals surface area contributed by atoms with E-state index in [1.54, 1.807) is 6.92 Å². The molecule has 1 aliphatic heterocycles. The fraction of sp³-hybridized carbons (Fsp3) is 0.882. The third-order valence-electron chi connectivity index (χ3n) is 4.29. The van der Waals surface area contributed by atoms with Crippen LogP contribution in [0.3, 0.4) is 0 Å². The molecule has 1 saturated heterocycles. The van der Waals surface area contributed by atoms with Crippen LogP contribution in [0, 0.1) is 23.2 Å². The van der Waals surface area contributed by atoms with Crippen LogP contribution in [0.5, 0.6) is 0 Å². The molecule has 0 saturated carbocycles. The molecule has 0 bridgehead atoms. The minimum atomic E-state index is -0.825. The molecule has 1 rings (SSSR count). The molecule has 6 heteroatoms. The van der Waals surface area contributed by atoms with E-state index < -0.39 is 5.54 Å². The van der Waals surface area contributed by atoms with E-state index >= 15 is 0 Å². The molecule has 2 atom stereocenters. The van der Waals surface area contributed by atoms with E-state index in [4.69, 9.17) is 4.74 Å². The van der Waals surface area contributed by atoms with Gasteiger partial charge in [0.05, 0.1) is 25.3 Å². The molecular formula is C17H32N4O2. The first kappa shape index (κ1) is 19.9. The lowest BCUT2D eigenvalue weighted by atomic mass is 9.90. The largest absolute Gasteiger partial charge is 0.374 e. The van der Waals surface area contributed by atoms with Gasteiger partial charge in [-0.15, -0.1) is 0 Å². The Morgan fingerprint density at radius 2 is 2.13 bits per heavy atom. The van der Waals surface area contributed by atoms with Crippen molar-refractivity contribution in [1.82, 2.24) is 15.5 Å². The van der Waals surface area contributed by atoms with Crippen LogP contribution in [0.1, 0.15) is 34.6 Å². The number of nitriles is 1.